The van der Waals surface area contributed by atoms with E-state index in [2.05, 4.69) is 4.57 Å². The van der Waals surface area contributed by atoms with Crippen LogP contribution in [0.25, 0.3) is 16.8 Å². The van der Waals surface area contributed by atoms with Crippen LogP contribution in [0.5, 0.6) is 0 Å². The summed E-state index contributed by atoms with van der Waals surface area (Å²) in [4.78, 5) is 17.3. The average Bonchev–Trinajstić information content (AvgIpc) is 2.69. The maximum atomic E-state index is 12.5. The van der Waals surface area contributed by atoms with Gasteiger partial charge in [0.05, 0.1) is 11.0 Å². The molecule has 0 bridgehead atoms. The number of hydrogen-bond donors (Lipinski definition) is 0. The molecule has 4 heteroatoms. The van der Waals surface area contributed by atoms with E-state index in [1.54, 1.807) is 10.5 Å². The van der Waals surface area contributed by atoms with Crippen molar-refractivity contribution in [1.82, 2.24) is 14.0 Å². The fourth-order valence-electron chi connectivity index (χ4n) is 3.83. The van der Waals surface area contributed by atoms with Crippen LogP contribution in [-0.4, -0.2) is 14.0 Å². The van der Waals surface area contributed by atoms with Crippen molar-refractivity contribution in [2.45, 2.75) is 51.5 Å². The first-order valence-electron chi connectivity index (χ1n) is 8.25. The maximum Gasteiger partial charge on any atom is 0.259 e. The topological polar surface area (TPSA) is 39.3 Å². The lowest BCUT2D eigenvalue weighted by Gasteiger charge is -2.22. The van der Waals surface area contributed by atoms with E-state index in [9.17, 15) is 4.79 Å². The molecule has 0 N–H and O–H groups in total. The van der Waals surface area contributed by atoms with Crippen molar-refractivity contribution >= 4 is 16.8 Å². The fourth-order valence-corrected chi connectivity index (χ4v) is 3.83. The molecule has 1 aliphatic carbocycles. The zero-order valence-electron chi connectivity index (χ0n) is 13.0. The predicted octanol–water partition coefficient (Wildman–Crippen LogP) is 3.85. The van der Waals surface area contributed by atoms with Crippen molar-refractivity contribution in [3.05, 3.63) is 46.4 Å². The van der Waals surface area contributed by atoms with Gasteiger partial charge in [0.15, 0.2) is 0 Å². The third-order valence-corrected chi connectivity index (χ3v) is 4.88. The van der Waals surface area contributed by atoms with Crippen molar-refractivity contribution in [3.63, 3.8) is 0 Å². The van der Waals surface area contributed by atoms with Gasteiger partial charge in [0.25, 0.3) is 5.56 Å². The van der Waals surface area contributed by atoms with Crippen LogP contribution in [-0.2, 0) is 0 Å². The predicted molar refractivity (Wildman–Crippen MR) is 88.4 cm³/mol. The Morgan fingerprint density at radius 1 is 1.09 bits per heavy atom. The van der Waals surface area contributed by atoms with E-state index in [1.165, 1.54) is 38.5 Å². The van der Waals surface area contributed by atoms with Gasteiger partial charge in [0.1, 0.15) is 0 Å². The number of imidazole rings is 1. The summed E-state index contributed by atoms with van der Waals surface area (Å²) in [5.41, 5.74) is 2.85. The molecule has 4 nitrogen and oxygen atoms in total. The summed E-state index contributed by atoms with van der Waals surface area (Å²) in [6, 6.07) is 10.1. The molecule has 3 aromatic rings. The van der Waals surface area contributed by atoms with E-state index in [-0.39, 0.29) is 5.56 Å². The fraction of sp³-hybridized carbons (Fsp3) is 0.444. The van der Waals surface area contributed by atoms with E-state index in [0.29, 0.717) is 6.04 Å². The maximum absolute atomic E-state index is 12.5. The van der Waals surface area contributed by atoms with E-state index in [4.69, 9.17) is 4.98 Å². The first-order valence-corrected chi connectivity index (χ1v) is 8.25. The Morgan fingerprint density at radius 3 is 2.59 bits per heavy atom. The second-order valence-electron chi connectivity index (χ2n) is 6.38. The molecule has 0 amide bonds. The molecule has 0 atom stereocenters. The Balaban J connectivity index is 2.02. The quantitative estimate of drug-likeness (QED) is 0.640. The zero-order chi connectivity index (χ0) is 15.1. The number of hydrogen-bond acceptors (Lipinski definition) is 2. The summed E-state index contributed by atoms with van der Waals surface area (Å²) < 4.78 is 4.07. The summed E-state index contributed by atoms with van der Waals surface area (Å²) >= 11 is 0. The molecule has 114 valence electrons. The van der Waals surface area contributed by atoms with Crippen LogP contribution in [0.1, 0.15) is 50.3 Å². The lowest BCUT2D eigenvalue weighted by molar-refractivity contribution is 0.438. The minimum atomic E-state index is 0.0195. The van der Waals surface area contributed by atoms with Gasteiger partial charge in [0.2, 0.25) is 5.78 Å². The number of fused-ring (bicyclic) bond motifs is 3. The highest BCUT2D eigenvalue weighted by Gasteiger charge is 2.20. The Bertz CT molecular complexity index is 882. The first-order chi connectivity index (χ1) is 10.8. The molecular weight excluding hydrogens is 274 g/mol. The minimum Gasteiger partial charge on any atom is -0.312 e. The van der Waals surface area contributed by atoms with Crippen molar-refractivity contribution in [2.75, 3.05) is 0 Å². The van der Waals surface area contributed by atoms with Crippen LogP contribution in [0.2, 0.25) is 0 Å². The van der Waals surface area contributed by atoms with Crippen LogP contribution in [0.3, 0.4) is 0 Å². The molecule has 2 heterocycles. The second-order valence-corrected chi connectivity index (χ2v) is 6.38. The highest BCUT2D eigenvalue weighted by atomic mass is 16.1. The van der Waals surface area contributed by atoms with Gasteiger partial charge in [-0.3, -0.25) is 4.79 Å². The van der Waals surface area contributed by atoms with Gasteiger partial charge in [-0.05, 0) is 31.9 Å². The molecule has 2 aromatic heterocycles. The molecule has 0 saturated heterocycles. The van der Waals surface area contributed by atoms with Crippen LogP contribution >= 0.6 is 0 Å². The van der Waals surface area contributed by atoms with E-state index in [0.717, 1.165) is 22.5 Å². The van der Waals surface area contributed by atoms with Crippen LogP contribution in [0, 0.1) is 6.92 Å². The van der Waals surface area contributed by atoms with Gasteiger partial charge in [-0.1, -0.05) is 37.8 Å². The van der Waals surface area contributed by atoms with Crippen molar-refractivity contribution < 1.29 is 0 Å². The SMILES string of the molecule is Cc1cc(=O)n2c3ccccc3nc2n1C1CCCCCC1. The van der Waals surface area contributed by atoms with Crippen molar-refractivity contribution in [1.29, 1.82) is 0 Å². The van der Waals surface area contributed by atoms with Gasteiger partial charge >= 0.3 is 0 Å². The lowest BCUT2D eigenvalue weighted by atomic mass is 10.1. The van der Waals surface area contributed by atoms with Gasteiger partial charge in [-0.25, -0.2) is 9.38 Å². The van der Waals surface area contributed by atoms with E-state index in [1.807, 2.05) is 31.2 Å². The highest BCUT2D eigenvalue weighted by Crippen LogP contribution is 2.30. The zero-order valence-corrected chi connectivity index (χ0v) is 13.0. The molecule has 1 aliphatic rings. The molecule has 1 fully saturated rings. The number of nitrogens with zero attached hydrogens (tertiary/aromatic N) is 3. The molecule has 0 spiro atoms. The summed E-state index contributed by atoms with van der Waals surface area (Å²) in [5.74, 6) is 0.804. The monoisotopic (exact) mass is 295 g/mol. The van der Waals surface area contributed by atoms with E-state index >= 15 is 0 Å². The Hall–Kier alpha value is -2.10. The second kappa shape index (κ2) is 5.27. The molecule has 4 rings (SSSR count). The van der Waals surface area contributed by atoms with Gasteiger partial charge < -0.3 is 4.57 Å². The van der Waals surface area contributed by atoms with Crippen molar-refractivity contribution in [3.8, 4) is 0 Å². The molecule has 0 radical (unpaired) electrons. The first kappa shape index (κ1) is 13.6. The van der Waals surface area contributed by atoms with E-state index < -0.39 is 0 Å². The van der Waals surface area contributed by atoms with Crippen LogP contribution in [0.4, 0.5) is 0 Å². The molecule has 0 unspecified atom stereocenters. The normalized spacial score (nSPS) is 17.1. The largest absolute Gasteiger partial charge is 0.312 e. The summed E-state index contributed by atoms with van der Waals surface area (Å²) in [5, 5.41) is 0. The van der Waals surface area contributed by atoms with Crippen LogP contribution < -0.4 is 5.56 Å². The minimum absolute atomic E-state index is 0.0195. The Labute approximate surface area is 129 Å². The number of aryl methyl sites for hydroxylation is 1. The third-order valence-electron chi connectivity index (χ3n) is 4.88. The number of aromatic nitrogens is 3. The van der Waals surface area contributed by atoms with Crippen LogP contribution in [0.15, 0.2) is 35.1 Å². The Morgan fingerprint density at radius 2 is 1.82 bits per heavy atom. The third kappa shape index (κ3) is 2.05. The standard InChI is InChI=1S/C18H21N3O/c1-13-12-17(22)21-16-11-7-6-10-15(16)19-18(21)20(13)14-8-4-2-3-5-9-14/h6-7,10-12,14H,2-5,8-9H2,1H3. The summed E-state index contributed by atoms with van der Waals surface area (Å²) in [6.45, 7) is 2.03. The van der Waals surface area contributed by atoms with Gasteiger partial charge in [-0.2, -0.15) is 0 Å². The van der Waals surface area contributed by atoms with Gasteiger partial charge in [0, 0.05) is 17.8 Å². The number of benzene rings is 1. The highest BCUT2D eigenvalue weighted by molar-refractivity contribution is 5.79. The molecular formula is C18H21N3O. The Kier molecular flexibility index (Phi) is 3.25. The molecule has 1 aromatic carbocycles. The lowest BCUT2D eigenvalue weighted by Crippen LogP contribution is -2.22. The summed E-state index contributed by atoms with van der Waals surface area (Å²) in [7, 11) is 0. The smallest absolute Gasteiger partial charge is 0.259 e. The van der Waals surface area contributed by atoms with Crippen molar-refractivity contribution in [2.24, 2.45) is 0 Å². The number of rotatable bonds is 1. The molecule has 0 aliphatic heterocycles. The summed E-state index contributed by atoms with van der Waals surface area (Å²) in [6.07, 6.45) is 7.54. The molecule has 1 saturated carbocycles. The molecule has 22 heavy (non-hydrogen) atoms. The van der Waals surface area contributed by atoms with Gasteiger partial charge in [-0.15, -0.1) is 0 Å². The number of para-hydroxylation sites is 2. The average molecular weight is 295 g/mol.